The smallest absolute Gasteiger partial charge is 0.245 e. The summed E-state index contributed by atoms with van der Waals surface area (Å²) in [5.74, 6) is -8.84. The Labute approximate surface area is 646 Å². The number of para-hydroxylation sites is 1. The molecule has 6 aromatic carbocycles. The number of aliphatic imine (C=N–C) groups is 1. The van der Waals surface area contributed by atoms with Gasteiger partial charge in [0.2, 0.25) is 65.0 Å². The molecule has 11 amide bonds. The molecule has 1 fully saturated rings. The van der Waals surface area contributed by atoms with Gasteiger partial charge in [0.25, 0.3) is 0 Å². The summed E-state index contributed by atoms with van der Waals surface area (Å²) in [6.07, 6.45) is 2.57. The fourth-order valence-corrected chi connectivity index (χ4v) is 13.3. The molecule has 588 valence electrons. The van der Waals surface area contributed by atoms with Gasteiger partial charge >= 0.3 is 0 Å². The number of nitrogens with zero attached hydrogens (tertiary/aromatic N) is 2. The van der Waals surface area contributed by atoms with E-state index in [4.69, 9.17) is 28.5 Å². The second-order valence-corrected chi connectivity index (χ2v) is 28.0. The second kappa shape index (κ2) is 40.9. The fourth-order valence-electron chi connectivity index (χ4n) is 13.2. The van der Waals surface area contributed by atoms with Gasteiger partial charge in [0.05, 0.1) is 6.61 Å². The van der Waals surface area contributed by atoms with Crippen LogP contribution in [-0.4, -0.2) is 197 Å². The molecule has 31 nitrogen and oxygen atoms in total. The van der Waals surface area contributed by atoms with Crippen molar-refractivity contribution in [2.75, 3.05) is 39.3 Å². The lowest BCUT2D eigenvalue weighted by atomic mass is 9.99. The molecule has 3 heterocycles. The number of phenols is 1. The average Bonchev–Trinajstić information content (AvgIpc) is 1.71. The first-order chi connectivity index (χ1) is 53.4. The van der Waals surface area contributed by atoms with Crippen LogP contribution in [0, 0.1) is 5.41 Å². The van der Waals surface area contributed by atoms with E-state index in [9.17, 15) is 39.0 Å². The van der Waals surface area contributed by atoms with Crippen molar-refractivity contribution in [3.63, 3.8) is 0 Å². The van der Waals surface area contributed by atoms with E-state index in [1.54, 1.807) is 85.1 Å². The summed E-state index contributed by atoms with van der Waals surface area (Å²) in [6, 6.07) is 27.3. The summed E-state index contributed by atoms with van der Waals surface area (Å²) in [4.78, 5) is 167. The first-order valence-electron chi connectivity index (χ1n) is 37.0. The van der Waals surface area contributed by atoms with Crippen LogP contribution >= 0.6 is 11.6 Å². The number of aliphatic hydroxyl groups is 1. The van der Waals surface area contributed by atoms with Gasteiger partial charge in [-0.05, 0) is 121 Å². The summed E-state index contributed by atoms with van der Waals surface area (Å²) >= 11 is 6.29. The van der Waals surface area contributed by atoms with E-state index in [-0.39, 0.29) is 95.6 Å². The van der Waals surface area contributed by atoms with Gasteiger partial charge in [0.15, 0.2) is 11.9 Å². The zero-order valence-electron chi connectivity index (χ0n) is 61.7. The molecule has 20 N–H and O–H groups in total. The minimum Gasteiger partial charge on any atom is -0.508 e. The molecular formula is C79H97ClN18O13. The van der Waals surface area contributed by atoms with Crippen LogP contribution in [0.5, 0.6) is 5.75 Å². The number of carbonyl (C=O) groups is 11. The van der Waals surface area contributed by atoms with Crippen molar-refractivity contribution in [1.82, 2.24) is 73.7 Å². The number of hydrogen-bond donors (Lipinski definition) is 18. The van der Waals surface area contributed by atoms with Crippen LogP contribution in [-0.2, 0) is 84.8 Å². The lowest BCUT2D eigenvalue weighted by Gasteiger charge is -2.31. The summed E-state index contributed by atoms with van der Waals surface area (Å²) < 4.78 is 0. The zero-order chi connectivity index (χ0) is 79.5. The number of halogens is 1. The Morgan fingerprint density at radius 1 is 0.568 bits per heavy atom. The van der Waals surface area contributed by atoms with Crippen molar-refractivity contribution in [2.45, 2.75) is 151 Å². The second-order valence-electron chi connectivity index (χ2n) is 27.6. The van der Waals surface area contributed by atoms with Crippen molar-refractivity contribution in [2.24, 2.45) is 16.5 Å². The normalized spacial score (nSPS) is 15.7. The molecule has 2 aliphatic heterocycles. The van der Waals surface area contributed by atoms with E-state index < -0.39 is 132 Å². The van der Waals surface area contributed by atoms with E-state index in [0.717, 1.165) is 17.2 Å². The van der Waals surface area contributed by atoms with Crippen LogP contribution < -0.4 is 75.3 Å². The number of guanidine groups is 2. The van der Waals surface area contributed by atoms with Gasteiger partial charge in [0.1, 0.15) is 66.2 Å². The standard InChI is InChI=1S/C79H97ClN18O13/c1-46(68(81)102)89-76(110)67-22-12-37-98(67)77(111)60(21-11-33-84-78(82)83)92-72(106)62(39-48-14-4-3-5-15-48)93-69(103)59(20-10-34-85-79-86-35-13-36-87-79)91-71(105)63(41-50-26-31-56(101)32-27-50)95-75(109)66(45-99)97-74(108)65(43-54-44-88-58-19-9-8-18-57(54)58)96-73(107)64(40-49-24-29-55(80)30-25-49)94-70(104)61(90-47(2)100)42-51-23-28-52-16-6-7-17-53(52)38-51/h3-9,14-19,23-32,38,44,46,59-67,88,99,101H,10-13,20-22,33-37,39-43,45H2,1-2H3,(H2,81,102)(H,89,110)(H,90,100)(H,91,105)(H,92,106)(H,93,103)(H,94,104)(H,95,109)(H,96,107)(H,97,108)(H4,82,83,84)(H2,85,86,87)/t46-,59-,60+,61-,62+,63+,64-,65-,66+,67+/m1/s1. The highest BCUT2D eigenvalue weighted by atomic mass is 35.5. The number of aromatic hydroxyl groups is 1. The zero-order valence-corrected chi connectivity index (χ0v) is 62.5. The van der Waals surface area contributed by atoms with Gasteiger partial charge < -0.3 is 95.4 Å². The summed E-state index contributed by atoms with van der Waals surface area (Å²) in [5, 5.41) is 65.7. The van der Waals surface area contributed by atoms with E-state index in [0.29, 0.717) is 69.2 Å². The highest BCUT2D eigenvalue weighted by Crippen LogP contribution is 2.24. The lowest BCUT2D eigenvalue weighted by molar-refractivity contribution is -0.142. The van der Waals surface area contributed by atoms with Gasteiger partial charge in [0, 0.05) is 93.9 Å². The highest BCUT2D eigenvalue weighted by molar-refractivity contribution is 6.30. The SMILES string of the molecule is CC(=O)N[C@H](Cc1ccc2ccccc2c1)C(=O)N[C@H](Cc1ccc(Cl)cc1)C(=O)N[C@H](Cc1c[nH]c2ccccc12)C(=O)N[C@@H](CO)C(=O)N[C@@H](Cc1ccc(O)cc1)C(=O)N[C@H](CCCNC1=NCCCN1)C(=O)N[C@@H](Cc1ccccc1)C(=O)N[C@@H](CCCNC(=N)N)C(=O)N1CCC[C@H]1C(=O)N[C@H](C)C(N)=O. The molecule has 0 radical (unpaired) electrons. The first-order valence-corrected chi connectivity index (χ1v) is 37.4. The third-order valence-corrected chi connectivity index (χ3v) is 19.4. The average molecular weight is 1540 g/mol. The molecule has 2 aliphatic rings. The molecule has 10 atom stereocenters. The number of fused-ring (bicyclic) bond motifs is 2. The summed E-state index contributed by atoms with van der Waals surface area (Å²) in [7, 11) is 0. The van der Waals surface area contributed by atoms with Crippen molar-refractivity contribution < 1.29 is 63.0 Å². The molecule has 0 saturated carbocycles. The molecule has 0 bridgehead atoms. The third kappa shape index (κ3) is 25.0. The van der Waals surface area contributed by atoms with Crippen LogP contribution in [0.25, 0.3) is 21.7 Å². The largest absolute Gasteiger partial charge is 0.508 e. The Balaban J connectivity index is 0.981. The monoisotopic (exact) mass is 1540 g/mol. The third-order valence-electron chi connectivity index (χ3n) is 19.1. The number of amides is 11. The predicted molar refractivity (Wildman–Crippen MR) is 418 cm³/mol. The van der Waals surface area contributed by atoms with E-state index in [1.807, 2.05) is 42.5 Å². The first kappa shape index (κ1) is 82.9. The minimum absolute atomic E-state index is 0.0314. The van der Waals surface area contributed by atoms with E-state index in [2.05, 4.69) is 73.8 Å². The molecule has 111 heavy (non-hydrogen) atoms. The quantitative estimate of drug-likeness (QED) is 0.0146. The van der Waals surface area contributed by atoms with Gasteiger partial charge in [-0.25, -0.2) is 0 Å². The Morgan fingerprint density at radius 3 is 1.68 bits per heavy atom. The number of hydrogen-bond acceptors (Lipinski definition) is 17. The molecule has 0 spiro atoms. The maximum Gasteiger partial charge on any atom is 0.245 e. The van der Waals surface area contributed by atoms with Gasteiger partial charge in [-0.3, -0.25) is 63.1 Å². The molecule has 1 aromatic heterocycles. The van der Waals surface area contributed by atoms with Crippen molar-refractivity contribution in [3.8, 4) is 5.75 Å². The number of likely N-dealkylation sites (tertiary alicyclic amines) is 1. The van der Waals surface area contributed by atoms with Crippen LogP contribution in [0.3, 0.4) is 0 Å². The summed E-state index contributed by atoms with van der Waals surface area (Å²) in [5.41, 5.74) is 14.5. The van der Waals surface area contributed by atoms with Crippen molar-refractivity contribution in [3.05, 3.63) is 185 Å². The molecule has 0 unspecified atom stereocenters. The minimum atomic E-state index is -1.84. The molecule has 9 rings (SSSR count). The van der Waals surface area contributed by atoms with E-state index in [1.165, 1.54) is 43.0 Å². The van der Waals surface area contributed by atoms with Crippen LogP contribution in [0.2, 0.25) is 5.02 Å². The Morgan fingerprint density at radius 2 is 1.07 bits per heavy atom. The number of primary amides is 1. The number of phenolic OH excluding ortho intramolecular Hbond substituents is 1. The van der Waals surface area contributed by atoms with Gasteiger partial charge in [-0.1, -0.05) is 127 Å². The van der Waals surface area contributed by atoms with Crippen molar-refractivity contribution in [1.29, 1.82) is 5.41 Å². The number of carbonyl (C=O) groups excluding carboxylic acids is 11. The maximum absolute atomic E-state index is 15.2. The molecule has 1 saturated heterocycles. The maximum atomic E-state index is 15.2. The number of aromatic amines is 1. The van der Waals surface area contributed by atoms with Gasteiger partial charge in [-0.15, -0.1) is 0 Å². The van der Waals surface area contributed by atoms with Crippen LogP contribution in [0.1, 0.15) is 86.6 Å². The molecular weight excluding hydrogens is 1440 g/mol. The molecule has 32 heteroatoms. The summed E-state index contributed by atoms with van der Waals surface area (Å²) in [6.45, 7) is 3.30. The highest BCUT2D eigenvalue weighted by Gasteiger charge is 2.40. The Kier molecular flexibility index (Phi) is 30.6. The number of benzene rings is 6. The van der Waals surface area contributed by atoms with Gasteiger partial charge in [-0.2, -0.15) is 0 Å². The number of nitrogens with two attached hydrogens (primary N) is 2. The number of aliphatic hydroxyl groups excluding tert-OH is 1. The Hall–Kier alpha value is -12.1. The molecule has 0 aliphatic carbocycles. The topological polar surface area (TPSA) is 480 Å². The van der Waals surface area contributed by atoms with E-state index >= 15 is 24.0 Å². The van der Waals surface area contributed by atoms with Crippen molar-refractivity contribution >= 4 is 110 Å². The van der Waals surface area contributed by atoms with Crippen LogP contribution in [0.4, 0.5) is 0 Å². The fraction of sp³-hybridized carbons (Fsp3) is 0.380. The number of H-pyrrole nitrogens is 1. The molecule has 7 aromatic rings. The lowest BCUT2D eigenvalue weighted by Crippen LogP contribution is -2.61. The predicted octanol–water partition coefficient (Wildman–Crippen LogP) is 1.05. The van der Waals surface area contributed by atoms with Crippen LogP contribution in [0.15, 0.2) is 157 Å². The number of rotatable bonds is 38. The Bertz CT molecular complexity index is 4470. The number of aromatic nitrogens is 1. The number of nitrogens with one attached hydrogen (secondary N) is 14.